The summed E-state index contributed by atoms with van der Waals surface area (Å²) in [6.07, 6.45) is 7.92. The first-order valence-electron chi connectivity index (χ1n) is 8.12. The van der Waals surface area contributed by atoms with E-state index in [4.69, 9.17) is 5.73 Å². The van der Waals surface area contributed by atoms with Gasteiger partial charge >= 0.3 is 0 Å². The van der Waals surface area contributed by atoms with E-state index in [1.165, 1.54) is 25.7 Å². The fourth-order valence-electron chi connectivity index (χ4n) is 2.15. The van der Waals surface area contributed by atoms with E-state index in [2.05, 4.69) is 27.7 Å². The molecule has 0 fully saturated rings. The van der Waals surface area contributed by atoms with Crippen LogP contribution in [-0.4, -0.2) is 29.9 Å². The summed E-state index contributed by atoms with van der Waals surface area (Å²) in [5, 5.41) is 0. The van der Waals surface area contributed by atoms with Crippen LogP contribution in [0, 0.1) is 5.92 Å². The lowest BCUT2D eigenvalue weighted by Gasteiger charge is -2.28. The van der Waals surface area contributed by atoms with Crippen molar-refractivity contribution in [2.45, 2.75) is 78.7 Å². The van der Waals surface area contributed by atoms with Crippen molar-refractivity contribution >= 4 is 5.91 Å². The number of nitrogens with two attached hydrogens (primary N) is 1. The molecule has 114 valence electrons. The van der Waals surface area contributed by atoms with Crippen molar-refractivity contribution in [3.05, 3.63) is 0 Å². The number of rotatable bonds is 11. The van der Waals surface area contributed by atoms with Crippen LogP contribution in [0.15, 0.2) is 0 Å². The van der Waals surface area contributed by atoms with Gasteiger partial charge in [0.05, 0.1) is 6.04 Å². The summed E-state index contributed by atoms with van der Waals surface area (Å²) in [6, 6.07) is -0.326. The summed E-state index contributed by atoms with van der Waals surface area (Å²) in [7, 11) is 0. The average Bonchev–Trinajstić information content (AvgIpc) is 2.43. The van der Waals surface area contributed by atoms with Gasteiger partial charge in [0.15, 0.2) is 0 Å². The Bertz CT molecular complexity index is 221. The lowest BCUT2D eigenvalue weighted by atomic mass is 9.98. The number of hydrogen-bond acceptors (Lipinski definition) is 2. The zero-order valence-electron chi connectivity index (χ0n) is 13.5. The topological polar surface area (TPSA) is 46.3 Å². The Hall–Kier alpha value is -0.570. The van der Waals surface area contributed by atoms with E-state index in [0.29, 0.717) is 0 Å². The van der Waals surface area contributed by atoms with E-state index >= 15 is 0 Å². The molecule has 0 bridgehead atoms. The van der Waals surface area contributed by atoms with Crippen LogP contribution in [0.5, 0.6) is 0 Å². The van der Waals surface area contributed by atoms with Crippen molar-refractivity contribution in [3.63, 3.8) is 0 Å². The molecule has 3 nitrogen and oxygen atoms in total. The Morgan fingerprint density at radius 3 is 1.84 bits per heavy atom. The first-order chi connectivity index (χ1) is 9.08. The van der Waals surface area contributed by atoms with Crippen LogP contribution >= 0.6 is 0 Å². The highest BCUT2D eigenvalue weighted by Crippen LogP contribution is 2.11. The Balaban J connectivity index is 4.38. The summed E-state index contributed by atoms with van der Waals surface area (Å²) in [6.45, 7) is 10.3. The highest BCUT2D eigenvalue weighted by atomic mass is 16.2. The maximum absolute atomic E-state index is 12.4. The van der Waals surface area contributed by atoms with Gasteiger partial charge in [0.1, 0.15) is 0 Å². The lowest BCUT2D eigenvalue weighted by molar-refractivity contribution is -0.134. The van der Waals surface area contributed by atoms with Gasteiger partial charge in [-0.1, -0.05) is 59.8 Å². The molecule has 0 aromatic carbocycles. The molecule has 0 aromatic heterocycles. The Labute approximate surface area is 119 Å². The zero-order chi connectivity index (χ0) is 14.7. The maximum Gasteiger partial charge on any atom is 0.239 e. The molecule has 0 saturated carbocycles. The molecule has 0 heterocycles. The molecule has 3 heteroatoms. The molecule has 1 unspecified atom stereocenters. The molecule has 0 aromatic rings. The summed E-state index contributed by atoms with van der Waals surface area (Å²) in [5.41, 5.74) is 6.09. The molecule has 0 rings (SSSR count). The predicted octanol–water partition coefficient (Wildman–Crippen LogP) is 3.57. The van der Waals surface area contributed by atoms with Gasteiger partial charge in [0.25, 0.3) is 0 Å². The Morgan fingerprint density at radius 2 is 1.47 bits per heavy atom. The first-order valence-corrected chi connectivity index (χ1v) is 8.12. The van der Waals surface area contributed by atoms with Crippen LogP contribution in [0.2, 0.25) is 0 Å². The minimum absolute atomic E-state index is 0.154. The van der Waals surface area contributed by atoms with Crippen molar-refractivity contribution in [1.29, 1.82) is 0 Å². The normalized spacial score (nSPS) is 14.2. The third-order valence-corrected chi connectivity index (χ3v) is 3.92. The van der Waals surface area contributed by atoms with Crippen molar-refractivity contribution in [3.8, 4) is 0 Å². The molecule has 0 saturated heterocycles. The van der Waals surface area contributed by atoms with Gasteiger partial charge in [0.2, 0.25) is 5.91 Å². The van der Waals surface area contributed by atoms with Crippen LogP contribution in [0.25, 0.3) is 0 Å². The third-order valence-electron chi connectivity index (χ3n) is 3.92. The fraction of sp³-hybridized carbons (Fsp3) is 0.938. The monoisotopic (exact) mass is 270 g/mol. The average molecular weight is 270 g/mol. The van der Waals surface area contributed by atoms with E-state index in [9.17, 15) is 4.79 Å². The van der Waals surface area contributed by atoms with Crippen molar-refractivity contribution < 1.29 is 4.79 Å². The summed E-state index contributed by atoms with van der Waals surface area (Å²) in [5.74, 6) is 0.425. The zero-order valence-corrected chi connectivity index (χ0v) is 13.5. The van der Waals surface area contributed by atoms with Gasteiger partial charge in [-0.25, -0.2) is 0 Å². The van der Waals surface area contributed by atoms with Gasteiger partial charge in [-0.05, 0) is 18.8 Å². The van der Waals surface area contributed by atoms with Crippen LogP contribution in [-0.2, 0) is 4.79 Å². The highest BCUT2D eigenvalue weighted by Gasteiger charge is 2.24. The summed E-state index contributed by atoms with van der Waals surface area (Å²) < 4.78 is 0. The highest BCUT2D eigenvalue weighted by molar-refractivity contribution is 5.81. The number of amides is 1. The number of hydrogen-bond donors (Lipinski definition) is 1. The number of carbonyl (C=O) groups excluding carboxylic acids is 1. The van der Waals surface area contributed by atoms with Crippen LogP contribution < -0.4 is 5.73 Å². The summed E-state index contributed by atoms with van der Waals surface area (Å²) >= 11 is 0. The molecular formula is C16H34N2O. The molecule has 2 N–H and O–H groups in total. The smallest absolute Gasteiger partial charge is 0.239 e. The largest absolute Gasteiger partial charge is 0.341 e. The number of unbranched alkanes of at least 4 members (excludes halogenated alkanes) is 4. The molecular weight excluding hydrogens is 236 g/mol. The van der Waals surface area contributed by atoms with Crippen LogP contribution in [0.1, 0.15) is 72.6 Å². The van der Waals surface area contributed by atoms with Crippen molar-refractivity contribution in [2.75, 3.05) is 13.1 Å². The van der Waals surface area contributed by atoms with E-state index in [1.807, 2.05) is 4.90 Å². The second-order valence-corrected chi connectivity index (χ2v) is 5.65. The molecule has 19 heavy (non-hydrogen) atoms. The minimum Gasteiger partial charge on any atom is -0.341 e. The molecule has 0 spiro atoms. The Kier molecular flexibility index (Phi) is 10.9. The van der Waals surface area contributed by atoms with Gasteiger partial charge < -0.3 is 10.6 Å². The molecule has 0 aliphatic rings. The lowest BCUT2D eigenvalue weighted by Crippen LogP contribution is -2.47. The first kappa shape index (κ1) is 18.4. The molecule has 0 aliphatic heterocycles. The van der Waals surface area contributed by atoms with Crippen LogP contribution in [0.3, 0.4) is 0 Å². The van der Waals surface area contributed by atoms with Crippen LogP contribution in [0.4, 0.5) is 0 Å². The second-order valence-electron chi connectivity index (χ2n) is 5.65. The van der Waals surface area contributed by atoms with Gasteiger partial charge in [-0.15, -0.1) is 0 Å². The molecule has 0 radical (unpaired) electrons. The van der Waals surface area contributed by atoms with Gasteiger partial charge in [0, 0.05) is 13.1 Å². The van der Waals surface area contributed by atoms with Gasteiger partial charge in [-0.2, -0.15) is 0 Å². The van der Waals surface area contributed by atoms with Crippen molar-refractivity contribution in [1.82, 2.24) is 4.90 Å². The third kappa shape index (κ3) is 7.56. The second kappa shape index (κ2) is 11.3. The number of nitrogens with zero attached hydrogens (tertiary/aromatic N) is 1. The van der Waals surface area contributed by atoms with E-state index in [-0.39, 0.29) is 17.9 Å². The van der Waals surface area contributed by atoms with E-state index in [0.717, 1.165) is 32.4 Å². The molecule has 2 atom stereocenters. The molecule has 1 amide bonds. The quantitative estimate of drug-likeness (QED) is 0.583. The maximum atomic E-state index is 12.4. The minimum atomic E-state index is -0.326. The van der Waals surface area contributed by atoms with Crippen molar-refractivity contribution in [2.24, 2.45) is 11.7 Å². The summed E-state index contributed by atoms with van der Waals surface area (Å²) in [4.78, 5) is 14.4. The standard InChI is InChI=1S/C16H34N2O/c1-5-8-10-12-18(13-11-9-6-2)16(19)15(17)14(4)7-3/h14-15H,5-13,17H2,1-4H3/t14?,15-/m0/s1. The Morgan fingerprint density at radius 1 is 1.00 bits per heavy atom. The SMILES string of the molecule is CCCCCN(CCCCC)C(=O)[C@@H](N)C(C)CC. The van der Waals surface area contributed by atoms with E-state index < -0.39 is 0 Å². The van der Waals surface area contributed by atoms with Gasteiger partial charge in [-0.3, -0.25) is 4.79 Å². The predicted molar refractivity (Wildman–Crippen MR) is 83.1 cm³/mol. The number of carbonyl (C=O) groups is 1. The molecule has 0 aliphatic carbocycles. The van der Waals surface area contributed by atoms with E-state index in [1.54, 1.807) is 0 Å². The fourth-order valence-corrected chi connectivity index (χ4v) is 2.15.